The van der Waals surface area contributed by atoms with Crippen molar-refractivity contribution in [2.24, 2.45) is 17.8 Å². The van der Waals surface area contributed by atoms with Crippen LogP contribution in [0, 0.1) is 18.6 Å². The number of nitrogens with two attached hydrogens (primary N) is 1. The summed E-state index contributed by atoms with van der Waals surface area (Å²) in [5, 5.41) is 4.27. The summed E-state index contributed by atoms with van der Waals surface area (Å²) in [5.41, 5.74) is 9.77. The number of carbonyl (C=O) groups is 1. The maximum atomic E-state index is 15.5. The number of fused-ring (bicyclic) bond motifs is 1. The first-order valence-corrected chi connectivity index (χ1v) is 11.7. The van der Waals surface area contributed by atoms with E-state index in [0.29, 0.717) is 28.2 Å². The fraction of sp³-hybridized carbons (Fsp3) is 0.308. The molecule has 2 amide bonds. The normalized spacial score (nSPS) is 14.2. The van der Waals surface area contributed by atoms with Gasteiger partial charge < -0.3 is 15.2 Å². The smallest absolute Gasteiger partial charge is 0.329 e. The molecule has 0 radical (unpaired) electrons. The van der Waals surface area contributed by atoms with E-state index in [0.717, 1.165) is 22.2 Å². The number of aliphatic imine (C=N–C) groups is 1. The van der Waals surface area contributed by atoms with Crippen LogP contribution in [0.25, 0.3) is 5.57 Å². The van der Waals surface area contributed by atoms with Gasteiger partial charge in [-0.3, -0.25) is 24.5 Å². The highest BCUT2D eigenvalue weighted by Crippen LogP contribution is 2.41. The molecule has 0 saturated heterocycles. The third-order valence-corrected chi connectivity index (χ3v) is 6.49. The lowest BCUT2D eigenvalue weighted by Gasteiger charge is -2.37. The maximum Gasteiger partial charge on any atom is 0.329 e. The minimum absolute atomic E-state index is 0.0956. The average molecular weight is 526 g/mol. The number of hydrogen-bond donors (Lipinski definition) is 1. The number of urea groups is 1. The Morgan fingerprint density at radius 1 is 1.18 bits per heavy atom. The van der Waals surface area contributed by atoms with Crippen LogP contribution in [0.5, 0.6) is 11.5 Å². The van der Waals surface area contributed by atoms with Crippen molar-refractivity contribution >= 4 is 29.2 Å². The van der Waals surface area contributed by atoms with Crippen molar-refractivity contribution in [2.75, 3.05) is 31.1 Å². The van der Waals surface area contributed by atoms with Gasteiger partial charge in [0.15, 0.2) is 23.1 Å². The summed E-state index contributed by atoms with van der Waals surface area (Å²) in [4.78, 5) is 25.0. The first-order chi connectivity index (χ1) is 18.1. The Bertz CT molecular complexity index is 1430. The van der Waals surface area contributed by atoms with E-state index in [-0.39, 0.29) is 24.6 Å². The van der Waals surface area contributed by atoms with Crippen LogP contribution in [0.1, 0.15) is 29.4 Å². The molecule has 0 spiro atoms. The van der Waals surface area contributed by atoms with Crippen LogP contribution < -0.4 is 25.0 Å². The van der Waals surface area contributed by atoms with Gasteiger partial charge in [-0.05, 0) is 19.9 Å². The average Bonchev–Trinajstić information content (AvgIpc) is 3.21. The third-order valence-electron chi connectivity index (χ3n) is 6.49. The highest BCUT2D eigenvalue weighted by molar-refractivity contribution is 6.11. The van der Waals surface area contributed by atoms with E-state index >= 15 is 8.78 Å². The molecule has 2 N–H and O–H groups in total. The van der Waals surface area contributed by atoms with Gasteiger partial charge in [-0.15, -0.1) is 0 Å². The molecule has 1 aliphatic rings. The zero-order chi connectivity index (χ0) is 27.7. The Labute approximate surface area is 219 Å². The van der Waals surface area contributed by atoms with E-state index < -0.39 is 23.4 Å². The number of methoxy groups -OCH3 is 2. The first kappa shape index (κ1) is 26.6. The lowest BCUT2D eigenvalue weighted by atomic mass is 10.0. The van der Waals surface area contributed by atoms with Crippen LogP contribution in [0.3, 0.4) is 0 Å². The number of carbonyl (C=O) groups excluding carboxylic acids is 1. The topological polar surface area (TPSA) is 111 Å². The molecule has 38 heavy (non-hydrogen) atoms. The number of nitrogens with zero attached hydrogens (tertiary/aromatic N) is 6. The Hall–Kier alpha value is -4.48. The second kappa shape index (κ2) is 10.5. The predicted octanol–water partition coefficient (Wildman–Crippen LogP) is 3.96. The largest absolute Gasteiger partial charge is 0.493 e. The molecule has 4 rings (SSSR count). The molecule has 10 nitrogen and oxygen atoms in total. The summed E-state index contributed by atoms with van der Waals surface area (Å²) in [7, 11) is 5.91. The van der Waals surface area contributed by atoms with Crippen LogP contribution in [-0.4, -0.2) is 48.3 Å². The minimum Gasteiger partial charge on any atom is -0.493 e. The van der Waals surface area contributed by atoms with Crippen molar-refractivity contribution in [3.63, 3.8) is 0 Å². The standard InChI is InChI=1S/C26H29F2N7O3/c1-14(29)18(11-30-3)19-7-20-17(9-31-19)13-35(25-23(27)21(37-5)8-22(38-6)24(25)28)26(36)34(20)12-16-10-32-33(4)15(16)2/h7-11H,12-13,29H2,1-6H3/b18-14-,30-11?. The summed E-state index contributed by atoms with van der Waals surface area (Å²) < 4.78 is 42.8. The fourth-order valence-electron chi connectivity index (χ4n) is 4.29. The number of amides is 2. The molecule has 0 bridgehead atoms. The fourth-order valence-corrected chi connectivity index (χ4v) is 4.29. The van der Waals surface area contributed by atoms with E-state index in [2.05, 4.69) is 15.1 Å². The number of hydrogen-bond acceptors (Lipinski definition) is 7. The van der Waals surface area contributed by atoms with Crippen molar-refractivity contribution < 1.29 is 23.0 Å². The van der Waals surface area contributed by atoms with Crippen molar-refractivity contribution in [3.8, 4) is 11.5 Å². The van der Waals surface area contributed by atoms with Crippen LogP contribution in [-0.2, 0) is 20.1 Å². The summed E-state index contributed by atoms with van der Waals surface area (Å²) in [6, 6.07) is 2.17. The Morgan fingerprint density at radius 3 is 2.37 bits per heavy atom. The third kappa shape index (κ3) is 4.53. The van der Waals surface area contributed by atoms with Gasteiger partial charge in [0.25, 0.3) is 0 Å². The summed E-state index contributed by atoms with van der Waals surface area (Å²) >= 11 is 0. The maximum absolute atomic E-state index is 15.5. The molecule has 0 unspecified atom stereocenters. The number of aromatic nitrogens is 3. The van der Waals surface area contributed by atoms with Crippen LogP contribution >= 0.6 is 0 Å². The summed E-state index contributed by atoms with van der Waals surface area (Å²) in [5.74, 6) is -2.56. The van der Waals surface area contributed by atoms with Gasteiger partial charge in [-0.1, -0.05) is 0 Å². The molecule has 1 aromatic carbocycles. The molecule has 200 valence electrons. The number of rotatable bonds is 7. The second-order valence-corrected chi connectivity index (χ2v) is 8.77. The number of aryl methyl sites for hydroxylation is 1. The van der Waals surface area contributed by atoms with Gasteiger partial charge in [0.2, 0.25) is 0 Å². The first-order valence-electron chi connectivity index (χ1n) is 11.7. The molecule has 3 aromatic rings. The molecule has 1 aliphatic heterocycles. The summed E-state index contributed by atoms with van der Waals surface area (Å²) in [6.07, 6.45) is 4.80. The highest BCUT2D eigenvalue weighted by Gasteiger charge is 2.37. The zero-order valence-electron chi connectivity index (χ0n) is 22.0. The van der Waals surface area contributed by atoms with Crippen molar-refractivity contribution in [3.05, 3.63) is 64.4 Å². The van der Waals surface area contributed by atoms with Gasteiger partial charge in [-0.25, -0.2) is 13.6 Å². The molecular weight excluding hydrogens is 496 g/mol. The highest BCUT2D eigenvalue weighted by atomic mass is 19.1. The Balaban J connectivity index is 1.92. The molecule has 0 aliphatic carbocycles. The zero-order valence-corrected chi connectivity index (χ0v) is 22.0. The van der Waals surface area contributed by atoms with Crippen LogP contribution in [0.2, 0.25) is 0 Å². The number of anilines is 2. The van der Waals surface area contributed by atoms with E-state index in [1.807, 2.05) is 6.92 Å². The number of allylic oxidation sites excluding steroid dienone is 2. The predicted molar refractivity (Wildman–Crippen MR) is 141 cm³/mol. The van der Waals surface area contributed by atoms with E-state index in [4.69, 9.17) is 15.2 Å². The van der Waals surface area contributed by atoms with Crippen molar-refractivity contribution in [2.45, 2.75) is 26.9 Å². The number of pyridine rings is 1. The molecule has 12 heteroatoms. The second-order valence-electron chi connectivity index (χ2n) is 8.77. The van der Waals surface area contributed by atoms with Gasteiger partial charge in [-0.2, -0.15) is 5.10 Å². The molecule has 0 fully saturated rings. The van der Waals surface area contributed by atoms with E-state index in [9.17, 15) is 4.79 Å². The molecular formula is C26H29F2N7O3. The molecule has 0 atom stereocenters. The molecule has 0 saturated carbocycles. The van der Waals surface area contributed by atoms with Crippen LogP contribution in [0.4, 0.5) is 25.0 Å². The number of halogens is 2. The van der Waals surface area contributed by atoms with Gasteiger partial charge in [0.1, 0.15) is 5.69 Å². The van der Waals surface area contributed by atoms with Crippen molar-refractivity contribution in [1.29, 1.82) is 0 Å². The van der Waals surface area contributed by atoms with E-state index in [1.165, 1.54) is 19.1 Å². The van der Waals surface area contributed by atoms with Gasteiger partial charge in [0.05, 0.1) is 44.9 Å². The lowest BCUT2D eigenvalue weighted by molar-refractivity contribution is 0.249. The summed E-state index contributed by atoms with van der Waals surface area (Å²) in [6.45, 7) is 3.55. The minimum atomic E-state index is -1.02. The quantitative estimate of drug-likeness (QED) is 0.468. The Kier molecular flexibility index (Phi) is 7.33. The molecule has 2 aromatic heterocycles. The number of ether oxygens (including phenoxy) is 2. The van der Waals surface area contributed by atoms with Crippen LogP contribution in [0.15, 0.2) is 35.2 Å². The SMILES string of the molecule is CN=C/C(=C(\C)N)c1cc2c(cn1)CN(c1c(F)c(OC)cc(OC)c1F)C(=O)N2Cc1cnn(C)c1C. The molecule has 3 heterocycles. The van der Waals surface area contributed by atoms with Gasteiger partial charge >= 0.3 is 6.03 Å². The van der Waals surface area contributed by atoms with Crippen molar-refractivity contribution in [1.82, 2.24) is 14.8 Å². The monoisotopic (exact) mass is 525 g/mol. The Morgan fingerprint density at radius 2 is 1.84 bits per heavy atom. The number of benzene rings is 1. The van der Waals surface area contributed by atoms with Gasteiger partial charge in [0, 0.05) is 60.7 Å². The van der Waals surface area contributed by atoms with E-state index in [1.54, 1.807) is 50.4 Å². The lowest BCUT2D eigenvalue weighted by Crippen LogP contribution is -2.48.